The number of carbonyl (C=O) groups is 1. The third-order valence-electron chi connectivity index (χ3n) is 1.11. The Morgan fingerprint density at radius 3 is 2.00 bits per heavy atom. The second kappa shape index (κ2) is 23.3. The summed E-state index contributed by atoms with van der Waals surface area (Å²) in [5, 5.41) is 8.00. The summed E-state index contributed by atoms with van der Waals surface area (Å²) in [4.78, 5) is 9.71. The third-order valence-corrected chi connectivity index (χ3v) is 1.11. The van der Waals surface area contributed by atoms with E-state index in [0.29, 0.717) is 6.42 Å². The van der Waals surface area contributed by atoms with E-state index in [1.54, 1.807) is 12.2 Å². The number of carboxylic acids is 1. The van der Waals surface area contributed by atoms with Gasteiger partial charge in [0.15, 0.2) is 0 Å². The van der Waals surface area contributed by atoms with Gasteiger partial charge < -0.3 is 5.11 Å². The molecule has 0 aromatic heterocycles. The molecule has 0 aliphatic rings. The molecule has 0 heterocycles. The van der Waals surface area contributed by atoms with Crippen LogP contribution in [-0.4, -0.2) is 11.1 Å². The minimum absolute atomic E-state index is 0.198. The lowest BCUT2D eigenvalue weighted by atomic mass is 10.3. The molecule has 0 aliphatic heterocycles. The molecule has 0 saturated heterocycles. The van der Waals surface area contributed by atoms with Gasteiger partial charge in [0.25, 0.3) is 0 Å². The van der Waals surface area contributed by atoms with Gasteiger partial charge in [-0.3, -0.25) is 4.79 Å². The van der Waals surface area contributed by atoms with Crippen LogP contribution >= 0.6 is 0 Å². The smallest absolute Gasteiger partial charge is 0.303 e. The molecule has 0 unspecified atom stereocenters. The minimum atomic E-state index is -0.764. The highest BCUT2D eigenvalue weighted by atomic mass is 16.4. The van der Waals surface area contributed by atoms with Gasteiger partial charge in [0.1, 0.15) is 0 Å². The molecule has 1 N–H and O–H groups in total. The summed E-state index contributed by atoms with van der Waals surface area (Å²) in [5.74, 6) is -0.764. The van der Waals surface area contributed by atoms with Gasteiger partial charge in [-0.1, -0.05) is 56.9 Å². The first-order valence-electron chi connectivity index (χ1n) is 5.42. The van der Waals surface area contributed by atoms with Gasteiger partial charge in [-0.25, -0.2) is 0 Å². The first kappa shape index (κ1) is 19.9. The average Bonchev–Trinajstić information content (AvgIpc) is 2.30. The van der Waals surface area contributed by atoms with Gasteiger partial charge in [0, 0.05) is 6.42 Å². The van der Waals surface area contributed by atoms with E-state index >= 15 is 0 Å². The number of aliphatic carboxylic acids is 1. The van der Waals surface area contributed by atoms with E-state index in [9.17, 15) is 4.79 Å². The van der Waals surface area contributed by atoms with Crippen LogP contribution in [0.5, 0.6) is 0 Å². The molecule has 0 atom stereocenters. The predicted molar refractivity (Wildman–Crippen MR) is 72.6 cm³/mol. The van der Waals surface area contributed by atoms with Crippen molar-refractivity contribution in [2.24, 2.45) is 0 Å². The van der Waals surface area contributed by atoms with Crippen LogP contribution in [0.25, 0.3) is 0 Å². The Hall–Kier alpha value is -1.57. The van der Waals surface area contributed by atoms with Crippen molar-refractivity contribution in [3.05, 3.63) is 49.6 Å². The minimum Gasteiger partial charge on any atom is -0.481 e. The molecule has 0 rings (SSSR count). The van der Waals surface area contributed by atoms with Gasteiger partial charge in [-0.05, 0) is 13.3 Å². The largest absolute Gasteiger partial charge is 0.481 e. The summed E-state index contributed by atoms with van der Waals surface area (Å²) in [7, 11) is 0. The van der Waals surface area contributed by atoms with E-state index in [-0.39, 0.29) is 6.42 Å². The van der Waals surface area contributed by atoms with Gasteiger partial charge in [-0.2, -0.15) is 0 Å². The Kier molecular flexibility index (Phi) is 29.1. The van der Waals surface area contributed by atoms with E-state index in [4.69, 9.17) is 5.11 Å². The molecule has 0 aromatic rings. The molecular formula is C14H24O2. The van der Waals surface area contributed by atoms with Gasteiger partial charge in [-0.15, -0.1) is 6.58 Å². The van der Waals surface area contributed by atoms with Gasteiger partial charge in [0.05, 0.1) is 0 Å². The lowest BCUT2D eigenvalue weighted by molar-refractivity contribution is -0.136. The van der Waals surface area contributed by atoms with Crippen LogP contribution in [0.3, 0.4) is 0 Å². The molecule has 2 nitrogen and oxygen atoms in total. The van der Waals surface area contributed by atoms with Crippen LogP contribution in [0.2, 0.25) is 0 Å². The van der Waals surface area contributed by atoms with Gasteiger partial charge >= 0.3 is 5.97 Å². The number of carboxylic acid groups (broad SMARTS) is 1. The monoisotopic (exact) mass is 224 g/mol. The fourth-order valence-electron chi connectivity index (χ4n) is 0.479. The van der Waals surface area contributed by atoms with Crippen LogP contribution in [0.4, 0.5) is 0 Å². The first-order chi connectivity index (χ1) is 7.68. The molecule has 0 fully saturated rings. The summed E-state index contributed by atoms with van der Waals surface area (Å²) in [6, 6.07) is 0. The Balaban J connectivity index is -0.000000183. The number of hydrogen-bond donors (Lipinski definition) is 1. The summed E-state index contributed by atoms with van der Waals surface area (Å²) in [6.45, 7) is 12.9. The molecule has 0 bridgehead atoms. The molecule has 16 heavy (non-hydrogen) atoms. The first-order valence-corrected chi connectivity index (χ1v) is 5.42. The molecular weight excluding hydrogens is 200 g/mol. The Morgan fingerprint density at radius 1 is 1.19 bits per heavy atom. The lowest BCUT2D eigenvalue weighted by Crippen LogP contribution is -1.90. The molecule has 2 heteroatoms. The quantitative estimate of drug-likeness (QED) is 0.556. The molecule has 0 aliphatic carbocycles. The normalized spacial score (nSPS) is 8.69. The van der Waals surface area contributed by atoms with Crippen molar-refractivity contribution in [3.63, 3.8) is 0 Å². The van der Waals surface area contributed by atoms with E-state index in [0.717, 1.165) is 0 Å². The van der Waals surface area contributed by atoms with E-state index in [1.807, 2.05) is 45.1 Å². The van der Waals surface area contributed by atoms with Crippen LogP contribution in [0.15, 0.2) is 49.6 Å². The maximum atomic E-state index is 9.71. The maximum Gasteiger partial charge on any atom is 0.303 e. The second-order valence-electron chi connectivity index (χ2n) is 2.37. The SMILES string of the molecule is C=C/C=C\C=C/C.C=CCCC(=O)O.CC. The molecule has 0 saturated carbocycles. The number of rotatable bonds is 5. The summed E-state index contributed by atoms with van der Waals surface area (Å²) < 4.78 is 0. The fourth-order valence-corrected chi connectivity index (χ4v) is 0.479. The fraction of sp³-hybridized carbons (Fsp3) is 0.357. The zero-order chi connectivity index (χ0) is 13.2. The molecule has 92 valence electrons. The summed E-state index contributed by atoms with van der Waals surface area (Å²) in [6.07, 6.45) is 11.9. The molecule has 0 aromatic carbocycles. The van der Waals surface area contributed by atoms with Crippen molar-refractivity contribution in [2.45, 2.75) is 33.6 Å². The van der Waals surface area contributed by atoms with Crippen molar-refractivity contribution < 1.29 is 9.90 Å². The van der Waals surface area contributed by atoms with Gasteiger partial charge in [0.2, 0.25) is 0 Å². The van der Waals surface area contributed by atoms with E-state index in [1.165, 1.54) is 0 Å². The van der Waals surface area contributed by atoms with Crippen LogP contribution in [-0.2, 0) is 4.79 Å². The molecule has 0 radical (unpaired) electrons. The number of hydrogen-bond acceptors (Lipinski definition) is 1. The average molecular weight is 224 g/mol. The molecule has 0 amide bonds. The topological polar surface area (TPSA) is 37.3 Å². The van der Waals surface area contributed by atoms with Crippen molar-refractivity contribution >= 4 is 5.97 Å². The van der Waals surface area contributed by atoms with Crippen molar-refractivity contribution in [1.29, 1.82) is 0 Å². The van der Waals surface area contributed by atoms with E-state index < -0.39 is 5.97 Å². The van der Waals surface area contributed by atoms with Crippen LogP contribution in [0, 0.1) is 0 Å². The highest BCUT2D eigenvalue weighted by Gasteiger charge is 1.89. The van der Waals surface area contributed by atoms with Crippen molar-refractivity contribution in [2.75, 3.05) is 0 Å². The van der Waals surface area contributed by atoms with Crippen molar-refractivity contribution in [3.8, 4) is 0 Å². The van der Waals surface area contributed by atoms with Crippen molar-refractivity contribution in [1.82, 2.24) is 0 Å². The van der Waals surface area contributed by atoms with Crippen LogP contribution in [0.1, 0.15) is 33.6 Å². The maximum absolute atomic E-state index is 9.71. The van der Waals surface area contributed by atoms with E-state index in [2.05, 4.69) is 13.2 Å². The summed E-state index contributed by atoms with van der Waals surface area (Å²) in [5.41, 5.74) is 0. The lowest BCUT2D eigenvalue weighted by Gasteiger charge is -1.82. The highest BCUT2D eigenvalue weighted by molar-refractivity contribution is 5.66. The second-order valence-corrected chi connectivity index (χ2v) is 2.37. The zero-order valence-electron chi connectivity index (χ0n) is 10.6. The molecule has 0 spiro atoms. The third kappa shape index (κ3) is 39.3. The zero-order valence-corrected chi connectivity index (χ0v) is 10.6. The Bertz CT molecular complexity index is 213. The Morgan fingerprint density at radius 2 is 1.75 bits per heavy atom. The highest BCUT2D eigenvalue weighted by Crippen LogP contribution is 1.86. The van der Waals surface area contributed by atoms with Crippen LogP contribution < -0.4 is 0 Å². The predicted octanol–water partition coefficient (Wildman–Crippen LogP) is 4.37. The number of allylic oxidation sites excluding steroid dienone is 6. The standard InChI is InChI=1S/C7H10.C5H8O2.C2H6/c1-3-5-7-6-4-2;1-2-3-4-5(6)7;1-2/h3-7H,1H2,2H3;2H,1,3-4H2,(H,6,7);1-2H3/b6-4-,7-5-;;. The Labute approximate surface area is 99.7 Å². The summed E-state index contributed by atoms with van der Waals surface area (Å²) >= 11 is 0.